The van der Waals surface area contributed by atoms with Crippen molar-refractivity contribution in [2.24, 2.45) is 0 Å². The second-order valence-electron chi connectivity index (χ2n) is 4.23. The molecule has 1 N–H and O–H groups in total. The normalized spacial score (nSPS) is 10.6. The summed E-state index contributed by atoms with van der Waals surface area (Å²) in [4.78, 5) is 25.2. The monoisotopic (exact) mass is 279 g/mol. The molecule has 5 heteroatoms. The maximum atomic E-state index is 11.5. The highest BCUT2D eigenvalue weighted by Gasteiger charge is 2.15. The molecule has 0 saturated carbocycles. The summed E-state index contributed by atoms with van der Waals surface area (Å²) in [7, 11) is 1.36. The molecule has 0 saturated heterocycles. The summed E-state index contributed by atoms with van der Waals surface area (Å²) in [5.41, 5.74) is 2.64. The predicted molar refractivity (Wildman–Crippen MR) is 73.4 cm³/mol. The van der Waals surface area contributed by atoms with Crippen LogP contribution in [0.4, 0.5) is 0 Å². The van der Waals surface area contributed by atoms with Gasteiger partial charge < -0.3 is 14.5 Å². The number of ether oxygens (including phenoxy) is 1. The van der Waals surface area contributed by atoms with Crippen LogP contribution >= 0.6 is 11.6 Å². The number of rotatable bonds is 5. The number of fused-ring (bicyclic) bond motifs is 1. The van der Waals surface area contributed by atoms with E-state index in [4.69, 9.17) is 16.3 Å². The molecule has 0 radical (unpaired) electrons. The van der Waals surface area contributed by atoms with Crippen molar-refractivity contribution in [1.82, 2.24) is 4.98 Å². The largest absolute Gasteiger partial charge is 0.469 e. The Morgan fingerprint density at radius 3 is 2.95 bits per heavy atom. The lowest BCUT2D eigenvalue weighted by Crippen LogP contribution is -2.06. The zero-order valence-electron chi connectivity index (χ0n) is 10.5. The van der Waals surface area contributed by atoms with Crippen LogP contribution in [0.3, 0.4) is 0 Å². The molecule has 0 aliphatic carbocycles. The van der Waals surface area contributed by atoms with Crippen molar-refractivity contribution in [2.75, 3.05) is 7.11 Å². The molecule has 0 amide bonds. The van der Waals surface area contributed by atoms with Crippen LogP contribution in [-0.4, -0.2) is 24.3 Å². The second kappa shape index (κ2) is 5.89. The van der Waals surface area contributed by atoms with Gasteiger partial charge in [-0.05, 0) is 30.2 Å². The number of aldehydes is 1. The van der Waals surface area contributed by atoms with Crippen molar-refractivity contribution < 1.29 is 14.3 Å². The molecule has 100 valence electrons. The van der Waals surface area contributed by atoms with Gasteiger partial charge in [0.15, 0.2) is 0 Å². The standard InChI is InChI=1S/C14H14ClNO3/c1-19-14(18)8-11-10-7-9(15)4-5-13(10)16-12(11)3-2-6-17/h4-7,16H,2-3,8H2,1H3. The molecule has 0 atom stereocenters. The van der Waals surface area contributed by atoms with Crippen LogP contribution < -0.4 is 0 Å². The van der Waals surface area contributed by atoms with Crippen LogP contribution in [0.2, 0.25) is 5.02 Å². The van der Waals surface area contributed by atoms with E-state index < -0.39 is 0 Å². The van der Waals surface area contributed by atoms with Gasteiger partial charge in [-0.1, -0.05) is 11.6 Å². The van der Waals surface area contributed by atoms with Gasteiger partial charge >= 0.3 is 5.97 Å². The Morgan fingerprint density at radius 2 is 2.26 bits per heavy atom. The van der Waals surface area contributed by atoms with Crippen molar-refractivity contribution in [3.63, 3.8) is 0 Å². The van der Waals surface area contributed by atoms with Crippen molar-refractivity contribution in [2.45, 2.75) is 19.3 Å². The zero-order chi connectivity index (χ0) is 13.8. The maximum absolute atomic E-state index is 11.5. The lowest BCUT2D eigenvalue weighted by atomic mass is 10.1. The molecule has 2 rings (SSSR count). The van der Waals surface area contributed by atoms with Crippen LogP contribution in [0.25, 0.3) is 10.9 Å². The molecular weight excluding hydrogens is 266 g/mol. The van der Waals surface area contributed by atoms with Crippen molar-refractivity contribution in [3.05, 3.63) is 34.5 Å². The number of carbonyl (C=O) groups excluding carboxylic acids is 2. The third kappa shape index (κ3) is 2.96. The number of aromatic nitrogens is 1. The minimum atomic E-state index is -0.312. The van der Waals surface area contributed by atoms with E-state index in [-0.39, 0.29) is 12.4 Å². The Hall–Kier alpha value is -1.81. The first-order valence-corrected chi connectivity index (χ1v) is 6.33. The number of nitrogens with one attached hydrogen (secondary N) is 1. The highest BCUT2D eigenvalue weighted by molar-refractivity contribution is 6.31. The molecule has 1 aromatic carbocycles. The third-order valence-electron chi connectivity index (χ3n) is 3.02. The fourth-order valence-electron chi connectivity index (χ4n) is 2.11. The minimum absolute atomic E-state index is 0.172. The van der Waals surface area contributed by atoms with Crippen LogP contribution in [-0.2, 0) is 27.2 Å². The third-order valence-corrected chi connectivity index (χ3v) is 3.25. The van der Waals surface area contributed by atoms with E-state index in [2.05, 4.69) is 4.98 Å². The van der Waals surface area contributed by atoms with Gasteiger partial charge in [0.2, 0.25) is 0 Å². The van der Waals surface area contributed by atoms with Gasteiger partial charge in [-0.3, -0.25) is 4.79 Å². The van der Waals surface area contributed by atoms with Crippen LogP contribution in [0, 0.1) is 0 Å². The molecule has 0 fully saturated rings. The number of methoxy groups -OCH3 is 1. The van der Waals surface area contributed by atoms with Gasteiger partial charge in [-0.15, -0.1) is 0 Å². The van der Waals surface area contributed by atoms with E-state index in [9.17, 15) is 9.59 Å². The molecular formula is C14H14ClNO3. The lowest BCUT2D eigenvalue weighted by molar-refractivity contribution is -0.139. The highest BCUT2D eigenvalue weighted by Crippen LogP contribution is 2.27. The molecule has 0 aliphatic heterocycles. The molecule has 0 aliphatic rings. The number of carbonyl (C=O) groups is 2. The molecule has 2 aromatic rings. The molecule has 4 nitrogen and oxygen atoms in total. The van der Waals surface area contributed by atoms with Crippen molar-refractivity contribution >= 4 is 34.8 Å². The summed E-state index contributed by atoms with van der Waals surface area (Å²) >= 11 is 5.99. The number of aryl methyl sites for hydroxylation is 1. The van der Waals surface area contributed by atoms with E-state index in [1.807, 2.05) is 12.1 Å². The Bertz CT molecular complexity index is 618. The summed E-state index contributed by atoms with van der Waals surface area (Å²) in [6.45, 7) is 0. The number of hydrogen-bond acceptors (Lipinski definition) is 3. The molecule has 1 heterocycles. The number of aromatic amines is 1. The van der Waals surface area contributed by atoms with E-state index in [0.29, 0.717) is 17.9 Å². The van der Waals surface area contributed by atoms with Crippen molar-refractivity contribution in [1.29, 1.82) is 0 Å². The summed E-state index contributed by atoms with van der Waals surface area (Å²) in [5.74, 6) is -0.312. The highest BCUT2D eigenvalue weighted by atomic mass is 35.5. The fraction of sp³-hybridized carbons (Fsp3) is 0.286. The summed E-state index contributed by atoms with van der Waals surface area (Å²) in [6.07, 6.45) is 2.02. The molecule has 0 spiro atoms. The quantitative estimate of drug-likeness (QED) is 0.676. The van der Waals surface area contributed by atoms with Crippen LogP contribution in [0.5, 0.6) is 0 Å². The fourth-order valence-corrected chi connectivity index (χ4v) is 2.28. The van der Waals surface area contributed by atoms with Gasteiger partial charge in [0.05, 0.1) is 13.5 Å². The van der Waals surface area contributed by atoms with Gasteiger partial charge in [0.1, 0.15) is 6.29 Å². The predicted octanol–water partition coefficient (Wildman–Crippen LogP) is 2.67. The maximum Gasteiger partial charge on any atom is 0.310 e. The van der Waals surface area contributed by atoms with Gasteiger partial charge in [0, 0.05) is 28.0 Å². The number of esters is 1. The van der Waals surface area contributed by atoms with Crippen molar-refractivity contribution in [3.8, 4) is 0 Å². The minimum Gasteiger partial charge on any atom is -0.469 e. The Balaban J connectivity index is 2.49. The summed E-state index contributed by atoms with van der Waals surface area (Å²) < 4.78 is 4.71. The first kappa shape index (κ1) is 13.6. The van der Waals surface area contributed by atoms with Gasteiger partial charge in [0.25, 0.3) is 0 Å². The first-order chi connectivity index (χ1) is 9.15. The smallest absolute Gasteiger partial charge is 0.310 e. The summed E-state index contributed by atoms with van der Waals surface area (Å²) in [5, 5.41) is 1.51. The summed E-state index contributed by atoms with van der Waals surface area (Å²) in [6, 6.07) is 5.46. The number of benzene rings is 1. The Labute approximate surface area is 115 Å². The van der Waals surface area contributed by atoms with Crippen LogP contribution in [0.15, 0.2) is 18.2 Å². The average Bonchev–Trinajstić information content (AvgIpc) is 2.74. The van der Waals surface area contributed by atoms with E-state index in [0.717, 1.165) is 28.4 Å². The number of hydrogen-bond donors (Lipinski definition) is 1. The second-order valence-corrected chi connectivity index (χ2v) is 4.67. The molecule has 19 heavy (non-hydrogen) atoms. The van der Waals surface area contributed by atoms with E-state index in [1.165, 1.54) is 7.11 Å². The Kier molecular flexibility index (Phi) is 4.22. The van der Waals surface area contributed by atoms with Crippen LogP contribution in [0.1, 0.15) is 17.7 Å². The van der Waals surface area contributed by atoms with Gasteiger partial charge in [-0.2, -0.15) is 0 Å². The number of H-pyrrole nitrogens is 1. The van der Waals surface area contributed by atoms with E-state index in [1.54, 1.807) is 6.07 Å². The first-order valence-electron chi connectivity index (χ1n) is 5.95. The zero-order valence-corrected chi connectivity index (χ0v) is 11.3. The Morgan fingerprint density at radius 1 is 1.47 bits per heavy atom. The molecule has 1 aromatic heterocycles. The average molecular weight is 280 g/mol. The lowest BCUT2D eigenvalue weighted by Gasteiger charge is -2.02. The topological polar surface area (TPSA) is 59.2 Å². The molecule has 0 unspecified atom stereocenters. The number of halogens is 1. The van der Waals surface area contributed by atoms with Gasteiger partial charge in [-0.25, -0.2) is 0 Å². The SMILES string of the molecule is COC(=O)Cc1c(CCC=O)[nH]c2ccc(Cl)cc12. The van der Waals surface area contributed by atoms with E-state index >= 15 is 0 Å². The molecule has 0 bridgehead atoms.